The average Bonchev–Trinajstić information content (AvgIpc) is 2.98. The molecule has 11 heteroatoms. The number of fused-ring (bicyclic) bond motifs is 4. The topological polar surface area (TPSA) is 199 Å². The predicted octanol–water partition coefficient (Wildman–Crippen LogP) is 2.29. The zero-order chi connectivity index (χ0) is 32.0. The van der Waals surface area contributed by atoms with Crippen LogP contribution in [0.3, 0.4) is 0 Å². The van der Waals surface area contributed by atoms with Crippen LogP contribution in [0, 0.1) is 11.8 Å². The molecule has 0 saturated heterocycles. The summed E-state index contributed by atoms with van der Waals surface area (Å²) in [4.78, 5) is 53.1. The molecule has 0 heterocycles. The van der Waals surface area contributed by atoms with Crippen molar-refractivity contribution in [1.29, 1.82) is 0 Å². The van der Waals surface area contributed by atoms with Crippen LogP contribution in [0.4, 0.5) is 0 Å². The van der Waals surface area contributed by atoms with Crippen molar-refractivity contribution < 1.29 is 44.7 Å². The smallest absolute Gasteiger partial charge is 0.255 e. The molecule has 7 N–H and O–H groups in total. The van der Waals surface area contributed by atoms with Gasteiger partial charge in [0.2, 0.25) is 5.78 Å². The number of ketones is 2. The van der Waals surface area contributed by atoms with Gasteiger partial charge in [-0.1, -0.05) is 49.4 Å². The highest BCUT2D eigenvalue weighted by Crippen LogP contribution is 2.57. The number of nitrogens with two attached hydrogens (primary N) is 1. The molecule has 226 valence electrons. The first kappa shape index (κ1) is 29.2. The zero-order valence-corrected chi connectivity index (χ0v) is 24.0. The van der Waals surface area contributed by atoms with Gasteiger partial charge >= 0.3 is 0 Å². The fourth-order valence-corrected chi connectivity index (χ4v) is 7.60. The Bertz CT molecular complexity index is 1890. The van der Waals surface area contributed by atoms with Gasteiger partial charge in [-0.25, -0.2) is 0 Å². The summed E-state index contributed by atoms with van der Waals surface area (Å²) < 4.78 is 0. The number of aliphatic hydroxyl groups excluding tert-OH is 3. The van der Waals surface area contributed by atoms with Crippen molar-refractivity contribution in [2.45, 2.75) is 30.6 Å². The molecule has 0 bridgehead atoms. The van der Waals surface area contributed by atoms with Gasteiger partial charge in [0.15, 0.2) is 17.7 Å². The summed E-state index contributed by atoms with van der Waals surface area (Å²) >= 11 is 0. The third-order valence-electron chi connectivity index (χ3n) is 9.48. The van der Waals surface area contributed by atoms with Crippen LogP contribution in [0.1, 0.15) is 39.1 Å². The van der Waals surface area contributed by atoms with E-state index in [0.29, 0.717) is 33.0 Å². The molecular formula is C33H30N2O9. The van der Waals surface area contributed by atoms with E-state index in [-0.39, 0.29) is 5.56 Å². The van der Waals surface area contributed by atoms with E-state index in [2.05, 4.69) is 0 Å². The van der Waals surface area contributed by atoms with Gasteiger partial charge in [0, 0.05) is 17.1 Å². The van der Waals surface area contributed by atoms with E-state index in [1.807, 2.05) is 6.07 Å². The fraction of sp³-hybridized carbons (Fsp3) is 0.273. The molecule has 1 amide bonds. The van der Waals surface area contributed by atoms with Crippen LogP contribution in [-0.4, -0.2) is 86.0 Å². The molecule has 0 spiro atoms. The molecule has 6 unspecified atom stereocenters. The Morgan fingerprint density at radius 1 is 0.977 bits per heavy atom. The summed E-state index contributed by atoms with van der Waals surface area (Å²) in [6, 6.07) is 12.2. The van der Waals surface area contributed by atoms with Crippen LogP contribution in [0.15, 0.2) is 71.2 Å². The monoisotopic (exact) mass is 598 g/mol. The summed E-state index contributed by atoms with van der Waals surface area (Å²) in [6.45, 7) is 1.68. The van der Waals surface area contributed by atoms with E-state index in [9.17, 15) is 44.7 Å². The van der Waals surface area contributed by atoms with Crippen LogP contribution >= 0.6 is 0 Å². The maximum Gasteiger partial charge on any atom is 0.255 e. The van der Waals surface area contributed by atoms with E-state index in [1.54, 1.807) is 43.3 Å². The number of primary amides is 1. The minimum absolute atomic E-state index is 0.188. The Balaban J connectivity index is 1.64. The number of hydrogen-bond acceptors (Lipinski definition) is 10. The Hall–Kier alpha value is -4.84. The molecule has 11 nitrogen and oxygen atoms in total. The molecule has 0 aromatic heterocycles. The van der Waals surface area contributed by atoms with E-state index in [0.717, 1.165) is 6.29 Å². The lowest BCUT2D eigenvalue weighted by Crippen LogP contribution is -2.68. The van der Waals surface area contributed by atoms with E-state index < -0.39 is 81.4 Å². The summed E-state index contributed by atoms with van der Waals surface area (Å²) in [5.41, 5.74) is 2.75. The lowest BCUT2D eigenvalue weighted by molar-refractivity contribution is -0.162. The Morgan fingerprint density at radius 2 is 1.61 bits per heavy atom. The number of likely N-dealkylation sites (N-methyl/N-ethyl adjacent to an activating group) is 1. The number of phenols is 1. The van der Waals surface area contributed by atoms with E-state index >= 15 is 0 Å². The summed E-state index contributed by atoms with van der Waals surface area (Å²) in [7, 11) is 2.96. The van der Waals surface area contributed by atoms with Crippen LogP contribution in [-0.2, 0) is 9.59 Å². The van der Waals surface area contributed by atoms with Gasteiger partial charge in [0.25, 0.3) is 5.91 Å². The molecule has 3 aromatic rings. The number of benzene rings is 3. The van der Waals surface area contributed by atoms with Crippen molar-refractivity contribution in [2.24, 2.45) is 17.6 Å². The second-order valence-electron chi connectivity index (χ2n) is 11.8. The maximum atomic E-state index is 14.2. The number of carbonyl (C=O) groups excluding carboxylic acids is 4. The van der Waals surface area contributed by atoms with Crippen LogP contribution in [0.2, 0.25) is 0 Å². The molecule has 3 aliphatic rings. The zero-order valence-electron chi connectivity index (χ0n) is 24.0. The predicted molar refractivity (Wildman–Crippen MR) is 158 cm³/mol. The van der Waals surface area contributed by atoms with Crippen molar-refractivity contribution in [1.82, 2.24) is 4.90 Å². The van der Waals surface area contributed by atoms with Gasteiger partial charge < -0.3 is 31.3 Å². The number of aliphatic hydroxyl groups is 4. The van der Waals surface area contributed by atoms with Gasteiger partial charge in [-0.3, -0.25) is 24.1 Å². The van der Waals surface area contributed by atoms with Crippen LogP contribution < -0.4 is 5.73 Å². The number of carbonyl (C=O) groups is 4. The molecule has 44 heavy (non-hydrogen) atoms. The van der Waals surface area contributed by atoms with Gasteiger partial charge in [-0.15, -0.1) is 0 Å². The summed E-state index contributed by atoms with van der Waals surface area (Å²) in [6.07, 6.45) is -0.973. The number of hydrogen-bond donors (Lipinski definition) is 6. The minimum Gasteiger partial charge on any atom is -0.510 e. The van der Waals surface area contributed by atoms with E-state index in [4.69, 9.17) is 5.73 Å². The molecule has 0 radical (unpaired) electrons. The standard InChI is InChI=1S/C33H30N2O9/c1-13-20-18(17-9-8-14(12-36)15-6-4-5-7-16(15)17)10-11-19(37)22(20)27(38)23-21(13)28(39)25-26(35(2)3)29(40)24(32(34)43)31(42)33(25,44)30(23)41/h4-13,21,25-26,28,37,39-41,44H,1-3H3,(H2,34,43). The second-order valence-corrected chi connectivity index (χ2v) is 11.8. The number of nitrogens with zero attached hydrogens (tertiary/aromatic N) is 1. The third kappa shape index (κ3) is 3.60. The van der Waals surface area contributed by atoms with Crippen LogP contribution in [0.25, 0.3) is 21.9 Å². The number of phenolic OH excluding ortho intramolecular Hbond substituents is 1. The van der Waals surface area contributed by atoms with Crippen molar-refractivity contribution in [3.63, 3.8) is 0 Å². The largest absolute Gasteiger partial charge is 0.510 e. The number of amides is 1. The highest BCUT2D eigenvalue weighted by Gasteiger charge is 2.67. The Morgan fingerprint density at radius 3 is 2.23 bits per heavy atom. The number of rotatable bonds is 4. The molecule has 0 aliphatic heterocycles. The quantitative estimate of drug-likeness (QED) is 0.191. The van der Waals surface area contributed by atoms with Gasteiger partial charge in [0.05, 0.1) is 23.6 Å². The maximum absolute atomic E-state index is 14.2. The van der Waals surface area contributed by atoms with Gasteiger partial charge in [-0.2, -0.15) is 0 Å². The van der Waals surface area contributed by atoms with Crippen molar-refractivity contribution in [3.8, 4) is 16.9 Å². The number of aldehydes is 1. The molecule has 3 aromatic carbocycles. The first-order valence-corrected chi connectivity index (χ1v) is 13.9. The average molecular weight is 599 g/mol. The lowest BCUT2D eigenvalue weighted by atomic mass is 9.55. The highest BCUT2D eigenvalue weighted by molar-refractivity contribution is 6.25. The lowest BCUT2D eigenvalue weighted by Gasteiger charge is -2.53. The van der Waals surface area contributed by atoms with Crippen molar-refractivity contribution >= 4 is 34.5 Å². The first-order chi connectivity index (χ1) is 20.8. The van der Waals surface area contributed by atoms with Crippen LogP contribution in [0.5, 0.6) is 5.75 Å². The number of aromatic hydroxyl groups is 1. The van der Waals surface area contributed by atoms with E-state index in [1.165, 1.54) is 25.1 Å². The SMILES string of the molecule is CC1c2c(-c3ccc(C=O)c4ccccc34)ccc(O)c2C(=O)C2=C(O)C3(O)C(=O)C(C(N)=O)=C(O)C(N(C)C)C3C(O)C21. The Labute approximate surface area is 251 Å². The molecule has 3 aliphatic carbocycles. The van der Waals surface area contributed by atoms with Crippen molar-refractivity contribution in [3.05, 3.63) is 87.9 Å². The molecule has 0 saturated carbocycles. The highest BCUT2D eigenvalue weighted by atomic mass is 16.4. The minimum atomic E-state index is -2.99. The number of Topliss-reactive ketones (excluding diaryl/α,β-unsaturated/α-hetero) is 2. The molecular weight excluding hydrogens is 568 g/mol. The second kappa shape index (κ2) is 9.84. The Kier molecular flexibility index (Phi) is 6.54. The fourth-order valence-electron chi connectivity index (χ4n) is 7.60. The normalized spacial score (nSPS) is 28.2. The summed E-state index contributed by atoms with van der Waals surface area (Å²) in [5.74, 6) is -9.62. The first-order valence-electron chi connectivity index (χ1n) is 13.9. The third-order valence-corrected chi connectivity index (χ3v) is 9.48. The molecule has 6 atom stereocenters. The van der Waals surface area contributed by atoms with Crippen molar-refractivity contribution in [2.75, 3.05) is 14.1 Å². The molecule has 0 fully saturated rings. The molecule has 6 rings (SSSR count). The van der Waals surface area contributed by atoms with Gasteiger partial charge in [-0.05, 0) is 53.5 Å². The summed E-state index contributed by atoms with van der Waals surface area (Å²) in [5, 5.41) is 58.8. The van der Waals surface area contributed by atoms with Gasteiger partial charge in [0.1, 0.15) is 22.8 Å².